The van der Waals surface area contributed by atoms with E-state index in [1.165, 1.54) is 18.3 Å². The Morgan fingerprint density at radius 2 is 2.03 bits per heavy atom. The van der Waals surface area contributed by atoms with Crippen molar-refractivity contribution >= 4 is 11.9 Å². The zero-order chi connectivity index (χ0) is 21.1. The van der Waals surface area contributed by atoms with Gasteiger partial charge in [0.05, 0.1) is 24.4 Å². The predicted octanol–water partition coefficient (Wildman–Crippen LogP) is 3.22. The second kappa shape index (κ2) is 8.52. The van der Waals surface area contributed by atoms with Gasteiger partial charge in [0, 0.05) is 25.5 Å². The minimum absolute atomic E-state index is 0.213. The van der Waals surface area contributed by atoms with Gasteiger partial charge in [0.2, 0.25) is 0 Å². The second-order valence-corrected chi connectivity index (χ2v) is 7.21. The maximum atomic E-state index is 13.8. The zero-order valence-corrected chi connectivity index (χ0v) is 16.7. The van der Waals surface area contributed by atoms with Gasteiger partial charge in [-0.25, -0.2) is 9.07 Å². The van der Waals surface area contributed by atoms with Crippen LogP contribution in [0.1, 0.15) is 30.1 Å². The third-order valence-corrected chi connectivity index (χ3v) is 5.20. The molecular formula is C22H23FN4O3. The molecule has 1 aliphatic heterocycles. The largest absolute Gasteiger partial charge is 0.466 e. The molecule has 156 valence electrons. The normalized spacial score (nSPS) is 16.5. The zero-order valence-electron chi connectivity index (χ0n) is 16.7. The summed E-state index contributed by atoms with van der Waals surface area (Å²) in [4.78, 5) is 27.2. The number of carbonyl (C=O) groups is 2. The van der Waals surface area contributed by atoms with E-state index in [1.54, 1.807) is 45.6 Å². The molecule has 1 saturated heterocycles. The molecule has 0 bridgehead atoms. The average molecular weight is 410 g/mol. The smallest absolute Gasteiger partial charge is 0.310 e. The highest BCUT2D eigenvalue weighted by Gasteiger charge is 2.32. The number of piperidine rings is 1. The summed E-state index contributed by atoms with van der Waals surface area (Å²) >= 11 is 0. The lowest BCUT2D eigenvalue weighted by Gasteiger charge is -2.31. The van der Waals surface area contributed by atoms with Crippen molar-refractivity contribution in [3.8, 4) is 11.5 Å². The SMILES string of the molecule is CCOC(=O)C1CCCN(C(=O)c2cnn(-c3cccc(F)c3)c2-n2cccc2)C1. The lowest BCUT2D eigenvalue weighted by atomic mass is 9.97. The van der Waals surface area contributed by atoms with Gasteiger partial charge in [-0.05, 0) is 50.1 Å². The molecule has 3 aromatic rings. The quantitative estimate of drug-likeness (QED) is 0.606. The molecule has 30 heavy (non-hydrogen) atoms. The van der Waals surface area contributed by atoms with E-state index in [4.69, 9.17) is 4.74 Å². The third kappa shape index (κ3) is 3.85. The van der Waals surface area contributed by atoms with Crippen LogP contribution in [-0.2, 0) is 9.53 Å². The standard InChI is InChI=1S/C22H23FN4O3/c1-2-30-22(29)16-7-6-12-26(15-16)21(28)19-14-24-27(18-9-5-8-17(23)13-18)20(19)25-10-3-4-11-25/h3-5,8-11,13-14,16H,2,6-7,12,15H2,1H3. The van der Waals surface area contributed by atoms with E-state index >= 15 is 0 Å². The number of likely N-dealkylation sites (tertiary alicyclic amines) is 1. The second-order valence-electron chi connectivity index (χ2n) is 7.21. The van der Waals surface area contributed by atoms with Crippen LogP contribution in [0.4, 0.5) is 4.39 Å². The van der Waals surface area contributed by atoms with Crippen molar-refractivity contribution in [1.82, 2.24) is 19.2 Å². The molecule has 0 N–H and O–H groups in total. The number of rotatable bonds is 5. The van der Waals surface area contributed by atoms with Crippen LogP contribution < -0.4 is 0 Å². The Hall–Kier alpha value is -3.42. The van der Waals surface area contributed by atoms with E-state index in [9.17, 15) is 14.0 Å². The Balaban J connectivity index is 1.69. The number of hydrogen-bond acceptors (Lipinski definition) is 4. The molecule has 1 aliphatic rings. The van der Waals surface area contributed by atoms with Crippen molar-refractivity contribution in [3.63, 3.8) is 0 Å². The number of benzene rings is 1. The number of nitrogens with zero attached hydrogens (tertiary/aromatic N) is 4. The summed E-state index contributed by atoms with van der Waals surface area (Å²) in [7, 11) is 0. The Kier molecular flexibility index (Phi) is 5.65. The minimum atomic E-state index is -0.386. The van der Waals surface area contributed by atoms with Crippen molar-refractivity contribution in [2.45, 2.75) is 19.8 Å². The number of ether oxygens (including phenoxy) is 1. The van der Waals surface area contributed by atoms with E-state index in [0.717, 1.165) is 6.42 Å². The molecule has 1 amide bonds. The van der Waals surface area contributed by atoms with Gasteiger partial charge in [0.1, 0.15) is 11.4 Å². The Morgan fingerprint density at radius 1 is 1.23 bits per heavy atom. The van der Waals surface area contributed by atoms with Gasteiger partial charge in [0.15, 0.2) is 5.82 Å². The number of amides is 1. The molecule has 0 radical (unpaired) electrons. The summed E-state index contributed by atoms with van der Waals surface area (Å²) in [5, 5.41) is 4.37. The fraction of sp³-hybridized carbons (Fsp3) is 0.318. The van der Waals surface area contributed by atoms with Gasteiger partial charge < -0.3 is 14.2 Å². The molecule has 0 spiro atoms. The van der Waals surface area contributed by atoms with E-state index < -0.39 is 0 Å². The van der Waals surface area contributed by atoms with Crippen molar-refractivity contribution in [2.24, 2.45) is 5.92 Å². The summed E-state index contributed by atoms with van der Waals surface area (Å²) in [6.07, 6.45) is 6.54. The highest BCUT2D eigenvalue weighted by Crippen LogP contribution is 2.25. The molecule has 4 rings (SSSR count). The van der Waals surface area contributed by atoms with Crippen molar-refractivity contribution in [3.05, 3.63) is 66.4 Å². The summed E-state index contributed by atoms with van der Waals surface area (Å²) < 4.78 is 22.3. The van der Waals surface area contributed by atoms with Gasteiger partial charge in [-0.15, -0.1) is 0 Å². The Labute approximate surface area is 173 Å². The van der Waals surface area contributed by atoms with Crippen LogP contribution in [0.2, 0.25) is 0 Å². The van der Waals surface area contributed by atoms with Crippen LogP contribution >= 0.6 is 0 Å². The maximum absolute atomic E-state index is 13.8. The fourth-order valence-corrected chi connectivity index (χ4v) is 3.80. The first kappa shape index (κ1) is 19.9. The van der Waals surface area contributed by atoms with Crippen LogP contribution in [0, 0.1) is 11.7 Å². The molecule has 0 aliphatic carbocycles. The Morgan fingerprint density at radius 3 is 2.77 bits per heavy atom. The summed E-state index contributed by atoms with van der Waals surface area (Å²) in [6.45, 7) is 2.97. The van der Waals surface area contributed by atoms with E-state index in [-0.39, 0.29) is 23.6 Å². The number of halogens is 1. The summed E-state index contributed by atoms with van der Waals surface area (Å²) in [6, 6.07) is 9.74. The van der Waals surface area contributed by atoms with Crippen LogP contribution in [0.25, 0.3) is 11.5 Å². The highest BCUT2D eigenvalue weighted by molar-refractivity contribution is 5.97. The molecule has 1 unspecified atom stereocenters. The van der Waals surface area contributed by atoms with E-state index in [0.29, 0.717) is 43.2 Å². The molecule has 3 heterocycles. The molecule has 1 atom stereocenters. The number of carbonyl (C=O) groups excluding carboxylic acids is 2. The van der Waals surface area contributed by atoms with Crippen molar-refractivity contribution < 1.29 is 18.7 Å². The Bertz CT molecular complexity index is 1040. The molecule has 1 fully saturated rings. The first-order valence-corrected chi connectivity index (χ1v) is 10.0. The molecule has 7 nitrogen and oxygen atoms in total. The molecule has 2 aromatic heterocycles. The minimum Gasteiger partial charge on any atom is -0.466 e. The van der Waals surface area contributed by atoms with Crippen molar-refractivity contribution in [1.29, 1.82) is 0 Å². The molecular weight excluding hydrogens is 387 g/mol. The number of esters is 1. The van der Waals surface area contributed by atoms with E-state index in [1.807, 2.05) is 12.1 Å². The topological polar surface area (TPSA) is 69.4 Å². The predicted molar refractivity (Wildman–Crippen MR) is 108 cm³/mol. The lowest BCUT2D eigenvalue weighted by molar-refractivity contribution is -0.149. The number of hydrogen-bond donors (Lipinski definition) is 0. The highest BCUT2D eigenvalue weighted by atomic mass is 19.1. The van der Waals surface area contributed by atoms with Gasteiger partial charge in [-0.3, -0.25) is 9.59 Å². The molecule has 0 saturated carbocycles. The third-order valence-electron chi connectivity index (χ3n) is 5.20. The van der Waals surface area contributed by atoms with Crippen molar-refractivity contribution in [2.75, 3.05) is 19.7 Å². The summed E-state index contributed by atoms with van der Waals surface area (Å²) in [5.41, 5.74) is 0.903. The fourth-order valence-electron chi connectivity index (χ4n) is 3.80. The maximum Gasteiger partial charge on any atom is 0.310 e. The van der Waals surface area contributed by atoms with E-state index in [2.05, 4.69) is 5.10 Å². The van der Waals surface area contributed by atoms with Crippen LogP contribution in [-0.4, -0.2) is 50.8 Å². The van der Waals surface area contributed by atoms with Gasteiger partial charge >= 0.3 is 5.97 Å². The van der Waals surface area contributed by atoms with Gasteiger partial charge in [0.25, 0.3) is 5.91 Å². The van der Waals surface area contributed by atoms with Gasteiger partial charge in [-0.2, -0.15) is 5.10 Å². The van der Waals surface area contributed by atoms with Gasteiger partial charge in [-0.1, -0.05) is 6.07 Å². The van der Waals surface area contributed by atoms with Crippen LogP contribution in [0.15, 0.2) is 55.0 Å². The average Bonchev–Trinajstić information content (AvgIpc) is 3.43. The molecule has 8 heteroatoms. The first-order chi connectivity index (χ1) is 14.6. The first-order valence-electron chi connectivity index (χ1n) is 10.0. The number of aromatic nitrogens is 3. The van der Waals surface area contributed by atoms with Crippen LogP contribution in [0.3, 0.4) is 0 Å². The monoisotopic (exact) mass is 410 g/mol. The lowest BCUT2D eigenvalue weighted by Crippen LogP contribution is -2.43. The molecule has 1 aromatic carbocycles. The summed E-state index contributed by atoms with van der Waals surface area (Å²) in [5.74, 6) is -0.668. The van der Waals surface area contributed by atoms with Crippen LogP contribution in [0.5, 0.6) is 0 Å².